The second-order valence-corrected chi connectivity index (χ2v) is 3.49. The summed E-state index contributed by atoms with van der Waals surface area (Å²) in [7, 11) is 2.89. The molecule has 0 aliphatic rings. The van der Waals surface area contributed by atoms with Crippen molar-refractivity contribution in [2.75, 3.05) is 19.9 Å². The Morgan fingerprint density at radius 3 is 2.86 bits per heavy atom. The van der Waals surface area contributed by atoms with Gasteiger partial charge in [0.1, 0.15) is 0 Å². The molecule has 0 aliphatic carbocycles. The van der Waals surface area contributed by atoms with E-state index in [9.17, 15) is 4.79 Å². The van der Waals surface area contributed by atoms with Crippen molar-refractivity contribution in [2.45, 2.75) is 0 Å². The zero-order chi connectivity index (χ0) is 10.7. The van der Waals surface area contributed by atoms with Gasteiger partial charge in [-0.05, 0) is 22.0 Å². The maximum absolute atomic E-state index is 11.6. The van der Waals surface area contributed by atoms with Gasteiger partial charge in [-0.3, -0.25) is 9.63 Å². The van der Waals surface area contributed by atoms with Gasteiger partial charge in [0.15, 0.2) is 5.69 Å². The summed E-state index contributed by atoms with van der Waals surface area (Å²) in [6.45, 7) is 0. The van der Waals surface area contributed by atoms with Gasteiger partial charge in [0, 0.05) is 17.7 Å². The van der Waals surface area contributed by atoms with Crippen LogP contribution in [0.5, 0.6) is 0 Å². The van der Waals surface area contributed by atoms with E-state index in [1.165, 1.54) is 20.4 Å². The molecule has 5 nitrogen and oxygen atoms in total. The monoisotopic (exact) mass is 259 g/mol. The molecule has 1 heterocycles. The molecule has 0 spiro atoms. The van der Waals surface area contributed by atoms with Gasteiger partial charge in [-0.25, -0.2) is 10.0 Å². The van der Waals surface area contributed by atoms with Gasteiger partial charge in [-0.2, -0.15) is 0 Å². The van der Waals surface area contributed by atoms with E-state index in [-0.39, 0.29) is 11.6 Å². The number of nitrogens with two attached hydrogens (primary N) is 1. The summed E-state index contributed by atoms with van der Waals surface area (Å²) in [5.74, 6) is -0.377. The zero-order valence-corrected chi connectivity index (χ0v) is 9.41. The van der Waals surface area contributed by atoms with Crippen LogP contribution in [0.4, 0.5) is 5.69 Å². The number of nitrogens with zero attached hydrogens (tertiary/aromatic N) is 2. The van der Waals surface area contributed by atoms with Crippen LogP contribution in [-0.2, 0) is 4.84 Å². The van der Waals surface area contributed by atoms with Crippen molar-refractivity contribution < 1.29 is 9.63 Å². The second kappa shape index (κ2) is 4.39. The number of hydrogen-bond acceptors (Lipinski definition) is 4. The summed E-state index contributed by atoms with van der Waals surface area (Å²) in [6, 6.07) is 1.61. The molecule has 0 fully saturated rings. The van der Waals surface area contributed by atoms with E-state index in [1.807, 2.05) is 0 Å². The Bertz CT molecular complexity index is 356. The number of anilines is 1. The molecule has 1 aromatic heterocycles. The van der Waals surface area contributed by atoms with Gasteiger partial charge in [-0.15, -0.1) is 0 Å². The number of hydroxylamine groups is 2. The summed E-state index contributed by atoms with van der Waals surface area (Å²) < 4.78 is 0.728. The van der Waals surface area contributed by atoms with Crippen molar-refractivity contribution in [2.24, 2.45) is 0 Å². The lowest BCUT2D eigenvalue weighted by Crippen LogP contribution is -2.27. The van der Waals surface area contributed by atoms with Gasteiger partial charge in [-0.1, -0.05) is 0 Å². The molecule has 0 saturated carbocycles. The highest BCUT2D eigenvalue weighted by molar-refractivity contribution is 9.10. The third kappa shape index (κ3) is 2.21. The molecular formula is C8H10BrN3O2. The Kier molecular flexibility index (Phi) is 3.43. The van der Waals surface area contributed by atoms with Crippen LogP contribution in [0.15, 0.2) is 16.7 Å². The van der Waals surface area contributed by atoms with Crippen LogP contribution >= 0.6 is 15.9 Å². The summed E-state index contributed by atoms with van der Waals surface area (Å²) >= 11 is 3.20. The predicted molar refractivity (Wildman–Crippen MR) is 55.5 cm³/mol. The standard InChI is InChI=1S/C8H10BrN3O2/c1-12(14-2)8(13)7-6(10)3-5(9)4-11-7/h3-4H,10H2,1-2H3. The number of pyridine rings is 1. The number of aromatic nitrogens is 1. The van der Waals surface area contributed by atoms with E-state index in [2.05, 4.69) is 20.9 Å². The Morgan fingerprint density at radius 1 is 1.71 bits per heavy atom. The summed E-state index contributed by atoms with van der Waals surface area (Å²) in [5.41, 5.74) is 6.11. The molecule has 1 aromatic rings. The SMILES string of the molecule is CON(C)C(=O)c1ncc(Br)cc1N. The van der Waals surface area contributed by atoms with Gasteiger partial charge in [0.2, 0.25) is 0 Å². The number of carbonyl (C=O) groups excluding carboxylic acids is 1. The molecule has 6 heteroatoms. The van der Waals surface area contributed by atoms with Crippen LogP contribution < -0.4 is 5.73 Å². The van der Waals surface area contributed by atoms with Crippen LogP contribution in [0.2, 0.25) is 0 Å². The van der Waals surface area contributed by atoms with Crippen molar-refractivity contribution in [1.29, 1.82) is 0 Å². The van der Waals surface area contributed by atoms with E-state index in [0.29, 0.717) is 5.69 Å². The quantitative estimate of drug-likeness (QED) is 0.807. The average molecular weight is 260 g/mol. The minimum absolute atomic E-state index is 0.178. The number of hydrogen-bond donors (Lipinski definition) is 1. The van der Waals surface area contributed by atoms with E-state index in [4.69, 9.17) is 10.6 Å². The highest BCUT2D eigenvalue weighted by atomic mass is 79.9. The number of amides is 1. The van der Waals surface area contributed by atoms with Crippen molar-refractivity contribution in [3.8, 4) is 0 Å². The molecule has 1 amide bonds. The lowest BCUT2D eigenvalue weighted by Gasteiger charge is -2.13. The number of nitrogen functional groups attached to an aromatic ring is 1. The molecule has 0 unspecified atom stereocenters. The minimum atomic E-state index is -0.377. The van der Waals surface area contributed by atoms with E-state index >= 15 is 0 Å². The largest absolute Gasteiger partial charge is 0.397 e. The Labute approximate surface area is 89.9 Å². The van der Waals surface area contributed by atoms with E-state index in [0.717, 1.165) is 9.54 Å². The Morgan fingerprint density at radius 2 is 2.36 bits per heavy atom. The number of halogens is 1. The summed E-state index contributed by atoms with van der Waals surface area (Å²) in [4.78, 5) is 20.2. The van der Waals surface area contributed by atoms with Crippen LogP contribution in [0.25, 0.3) is 0 Å². The van der Waals surface area contributed by atoms with Crippen LogP contribution in [0.1, 0.15) is 10.5 Å². The molecule has 0 radical (unpaired) electrons. The smallest absolute Gasteiger partial charge is 0.297 e. The van der Waals surface area contributed by atoms with Gasteiger partial charge < -0.3 is 5.73 Å². The van der Waals surface area contributed by atoms with Crippen molar-refractivity contribution in [3.63, 3.8) is 0 Å². The van der Waals surface area contributed by atoms with Crippen LogP contribution in [0, 0.1) is 0 Å². The van der Waals surface area contributed by atoms with Crippen molar-refractivity contribution in [1.82, 2.24) is 10.0 Å². The van der Waals surface area contributed by atoms with E-state index in [1.54, 1.807) is 6.07 Å². The zero-order valence-electron chi connectivity index (χ0n) is 7.82. The molecule has 14 heavy (non-hydrogen) atoms. The molecular weight excluding hydrogens is 250 g/mol. The van der Waals surface area contributed by atoms with Gasteiger partial charge >= 0.3 is 0 Å². The first-order valence-electron chi connectivity index (χ1n) is 3.79. The van der Waals surface area contributed by atoms with Gasteiger partial charge in [0.05, 0.1) is 12.8 Å². The first-order chi connectivity index (χ1) is 6.56. The van der Waals surface area contributed by atoms with Crippen LogP contribution in [0.3, 0.4) is 0 Å². The number of rotatable bonds is 2. The first kappa shape index (κ1) is 10.9. The minimum Gasteiger partial charge on any atom is -0.397 e. The fourth-order valence-electron chi connectivity index (χ4n) is 0.866. The normalized spacial score (nSPS) is 9.93. The molecule has 0 aromatic carbocycles. The highest BCUT2D eigenvalue weighted by Crippen LogP contribution is 2.16. The molecule has 0 saturated heterocycles. The Hall–Kier alpha value is -1.14. The third-order valence-electron chi connectivity index (χ3n) is 1.65. The third-order valence-corrected chi connectivity index (χ3v) is 2.08. The highest BCUT2D eigenvalue weighted by Gasteiger charge is 2.15. The maximum Gasteiger partial charge on any atom is 0.297 e. The molecule has 0 aliphatic heterocycles. The predicted octanol–water partition coefficient (Wildman–Crippen LogP) is 1.06. The van der Waals surface area contributed by atoms with Crippen molar-refractivity contribution in [3.05, 3.63) is 22.4 Å². The van der Waals surface area contributed by atoms with E-state index < -0.39 is 0 Å². The Balaban J connectivity index is 3.02. The van der Waals surface area contributed by atoms with Gasteiger partial charge in [0.25, 0.3) is 5.91 Å². The molecule has 1 rings (SSSR count). The molecule has 76 valence electrons. The molecule has 0 atom stereocenters. The fourth-order valence-corrected chi connectivity index (χ4v) is 1.21. The lowest BCUT2D eigenvalue weighted by atomic mass is 10.3. The second-order valence-electron chi connectivity index (χ2n) is 2.58. The molecule has 2 N–H and O–H groups in total. The topological polar surface area (TPSA) is 68.5 Å². The average Bonchev–Trinajstić information content (AvgIpc) is 2.15. The first-order valence-corrected chi connectivity index (χ1v) is 4.58. The van der Waals surface area contributed by atoms with Crippen LogP contribution in [-0.4, -0.2) is 30.1 Å². The summed E-state index contributed by atoms with van der Waals surface area (Å²) in [5, 5.41) is 1.06. The summed E-state index contributed by atoms with van der Waals surface area (Å²) in [6.07, 6.45) is 1.51. The maximum atomic E-state index is 11.6. The van der Waals surface area contributed by atoms with Crippen molar-refractivity contribution >= 4 is 27.5 Å². The molecule has 0 bridgehead atoms. The lowest BCUT2D eigenvalue weighted by molar-refractivity contribution is -0.0759. The fraction of sp³-hybridized carbons (Fsp3) is 0.250. The number of carbonyl (C=O) groups is 1.